The number of imidazole rings is 1. The first-order chi connectivity index (χ1) is 9.16. The van der Waals surface area contributed by atoms with Crippen molar-refractivity contribution in [2.24, 2.45) is 0 Å². The third kappa shape index (κ3) is 3.91. The molecule has 1 aromatic carbocycles. The lowest BCUT2D eigenvalue weighted by Crippen LogP contribution is -2.34. The number of benzene rings is 1. The monoisotopic (exact) mass is 259 g/mol. The Kier molecular flexibility index (Phi) is 4.71. The molecule has 0 fully saturated rings. The van der Waals surface area contributed by atoms with Gasteiger partial charge < -0.3 is 15.0 Å². The molecule has 19 heavy (non-hydrogen) atoms. The van der Waals surface area contributed by atoms with Crippen LogP contribution in [0.15, 0.2) is 42.7 Å². The van der Waals surface area contributed by atoms with Gasteiger partial charge in [-0.15, -0.1) is 0 Å². The Morgan fingerprint density at radius 3 is 2.68 bits per heavy atom. The molecule has 2 N–H and O–H groups in total. The Morgan fingerprint density at radius 1 is 1.26 bits per heavy atom. The smallest absolute Gasteiger partial charge is 0.139 e. The molecule has 4 heteroatoms. The van der Waals surface area contributed by atoms with E-state index in [0.717, 1.165) is 11.4 Å². The van der Waals surface area contributed by atoms with Crippen LogP contribution in [0.25, 0.3) is 11.4 Å². The van der Waals surface area contributed by atoms with Crippen LogP contribution in [-0.4, -0.2) is 33.3 Å². The summed E-state index contributed by atoms with van der Waals surface area (Å²) in [7, 11) is 0. The van der Waals surface area contributed by atoms with Crippen LogP contribution in [0.4, 0.5) is 0 Å². The molecule has 102 valence electrons. The maximum atomic E-state index is 10.0. The lowest BCUT2D eigenvalue weighted by atomic mass is 10.2. The summed E-state index contributed by atoms with van der Waals surface area (Å²) in [6.45, 7) is 5.27. The van der Waals surface area contributed by atoms with Crippen LogP contribution >= 0.6 is 0 Å². The number of nitrogens with zero attached hydrogens (tertiary/aromatic N) is 2. The predicted molar refractivity (Wildman–Crippen MR) is 76.8 cm³/mol. The van der Waals surface area contributed by atoms with Gasteiger partial charge in [0.05, 0.1) is 12.6 Å². The second kappa shape index (κ2) is 6.50. The molecule has 1 unspecified atom stereocenters. The van der Waals surface area contributed by atoms with Crippen LogP contribution in [0.2, 0.25) is 0 Å². The fourth-order valence-electron chi connectivity index (χ4n) is 1.97. The second-order valence-corrected chi connectivity index (χ2v) is 4.99. The van der Waals surface area contributed by atoms with E-state index in [1.54, 1.807) is 6.20 Å². The van der Waals surface area contributed by atoms with Crippen molar-refractivity contribution in [1.82, 2.24) is 14.9 Å². The topological polar surface area (TPSA) is 50.1 Å². The molecule has 1 atom stereocenters. The minimum Gasteiger partial charge on any atom is -0.390 e. The zero-order valence-electron chi connectivity index (χ0n) is 11.5. The SMILES string of the molecule is CC(C)NCC(O)Cn1ccnc1-c1ccccc1. The Balaban J connectivity index is 2.04. The molecule has 4 nitrogen and oxygen atoms in total. The molecular formula is C15H21N3O. The van der Waals surface area contributed by atoms with Gasteiger partial charge >= 0.3 is 0 Å². The van der Waals surface area contributed by atoms with E-state index >= 15 is 0 Å². The van der Waals surface area contributed by atoms with Crippen molar-refractivity contribution < 1.29 is 5.11 Å². The van der Waals surface area contributed by atoms with Gasteiger partial charge in [-0.05, 0) is 0 Å². The zero-order valence-corrected chi connectivity index (χ0v) is 11.5. The lowest BCUT2D eigenvalue weighted by molar-refractivity contribution is 0.149. The lowest BCUT2D eigenvalue weighted by Gasteiger charge is -2.16. The fourth-order valence-corrected chi connectivity index (χ4v) is 1.97. The summed E-state index contributed by atoms with van der Waals surface area (Å²) >= 11 is 0. The van der Waals surface area contributed by atoms with Gasteiger partial charge in [-0.3, -0.25) is 0 Å². The summed E-state index contributed by atoms with van der Waals surface area (Å²) in [5, 5.41) is 13.3. The van der Waals surface area contributed by atoms with E-state index in [0.29, 0.717) is 19.1 Å². The molecule has 0 saturated carbocycles. The molecule has 0 radical (unpaired) electrons. The van der Waals surface area contributed by atoms with Crippen molar-refractivity contribution in [2.75, 3.05) is 6.54 Å². The number of rotatable bonds is 6. The van der Waals surface area contributed by atoms with Gasteiger partial charge in [-0.1, -0.05) is 44.2 Å². The van der Waals surface area contributed by atoms with Crippen LogP contribution in [-0.2, 0) is 6.54 Å². The number of aromatic nitrogens is 2. The van der Waals surface area contributed by atoms with Gasteiger partial charge in [0.2, 0.25) is 0 Å². The summed E-state index contributed by atoms with van der Waals surface area (Å²) in [6, 6.07) is 10.4. The number of aliphatic hydroxyl groups is 1. The summed E-state index contributed by atoms with van der Waals surface area (Å²) in [4.78, 5) is 4.37. The summed E-state index contributed by atoms with van der Waals surface area (Å²) in [5.74, 6) is 0.893. The number of hydrogen-bond donors (Lipinski definition) is 2. The van der Waals surface area contributed by atoms with Crippen molar-refractivity contribution in [3.05, 3.63) is 42.7 Å². The summed E-state index contributed by atoms with van der Waals surface area (Å²) < 4.78 is 1.99. The molecule has 0 aliphatic rings. The summed E-state index contributed by atoms with van der Waals surface area (Å²) in [6.07, 6.45) is 3.25. The maximum absolute atomic E-state index is 10.0. The van der Waals surface area contributed by atoms with Crippen LogP contribution in [0.3, 0.4) is 0 Å². The molecule has 0 bridgehead atoms. The van der Waals surface area contributed by atoms with Crippen LogP contribution < -0.4 is 5.32 Å². The maximum Gasteiger partial charge on any atom is 0.139 e. The van der Waals surface area contributed by atoms with Gasteiger partial charge in [-0.25, -0.2) is 4.98 Å². The Morgan fingerprint density at radius 2 is 2.00 bits per heavy atom. The van der Waals surface area contributed by atoms with Crippen LogP contribution in [0.5, 0.6) is 0 Å². The first kappa shape index (κ1) is 13.8. The Labute approximate surface area is 114 Å². The molecule has 2 rings (SSSR count). The van der Waals surface area contributed by atoms with Gasteiger partial charge in [0.25, 0.3) is 0 Å². The summed E-state index contributed by atoms with van der Waals surface area (Å²) in [5.41, 5.74) is 1.07. The largest absolute Gasteiger partial charge is 0.390 e. The molecule has 0 spiro atoms. The molecule has 2 aromatic rings. The first-order valence-electron chi connectivity index (χ1n) is 6.65. The number of nitrogens with one attached hydrogen (secondary N) is 1. The van der Waals surface area contributed by atoms with Crippen molar-refractivity contribution in [2.45, 2.75) is 32.5 Å². The fraction of sp³-hybridized carbons (Fsp3) is 0.400. The van der Waals surface area contributed by atoms with Crippen molar-refractivity contribution in [1.29, 1.82) is 0 Å². The average Bonchev–Trinajstić information content (AvgIpc) is 2.85. The standard InChI is InChI=1S/C15H21N3O/c1-12(2)17-10-14(19)11-18-9-8-16-15(18)13-6-4-3-5-7-13/h3-9,12,14,17,19H,10-11H2,1-2H3. The second-order valence-electron chi connectivity index (χ2n) is 4.99. The Hall–Kier alpha value is -1.65. The van der Waals surface area contributed by atoms with Gasteiger partial charge in [0, 0.05) is 30.5 Å². The molecule has 0 aliphatic carbocycles. The highest BCUT2D eigenvalue weighted by Gasteiger charge is 2.10. The minimum absolute atomic E-state index is 0.381. The Bertz CT molecular complexity index is 493. The van der Waals surface area contributed by atoms with E-state index in [4.69, 9.17) is 0 Å². The predicted octanol–water partition coefficient (Wildman–Crippen LogP) is 1.91. The third-order valence-corrected chi connectivity index (χ3v) is 2.92. The minimum atomic E-state index is -0.418. The molecular weight excluding hydrogens is 238 g/mol. The van der Waals surface area contributed by atoms with Crippen molar-refractivity contribution in [3.8, 4) is 11.4 Å². The first-order valence-corrected chi connectivity index (χ1v) is 6.65. The van der Waals surface area contributed by atoms with E-state index in [2.05, 4.69) is 24.1 Å². The van der Waals surface area contributed by atoms with Crippen molar-refractivity contribution in [3.63, 3.8) is 0 Å². The van der Waals surface area contributed by atoms with E-state index < -0.39 is 6.10 Å². The highest BCUT2D eigenvalue weighted by atomic mass is 16.3. The van der Waals surface area contributed by atoms with Gasteiger partial charge in [0.1, 0.15) is 5.82 Å². The molecule has 0 aliphatic heterocycles. The molecule has 1 heterocycles. The molecule has 0 saturated heterocycles. The third-order valence-electron chi connectivity index (χ3n) is 2.92. The van der Waals surface area contributed by atoms with E-state index in [-0.39, 0.29) is 0 Å². The van der Waals surface area contributed by atoms with E-state index in [1.807, 2.05) is 41.1 Å². The number of hydrogen-bond acceptors (Lipinski definition) is 3. The van der Waals surface area contributed by atoms with Gasteiger partial charge in [-0.2, -0.15) is 0 Å². The number of aliphatic hydroxyl groups excluding tert-OH is 1. The van der Waals surface area contributed by atoms with E-state index in [9.17, 15) is 5.11 Å². The van der Waals surface area contributed by atoms with Crippen LogP contribution in [0.1, 0.15) is 13.8 Å². The normalized spacial score (nSPS) is 12.8. The van der Waals surface area contributed by atoms with Crippen molar-refractivity contribution >= 4 is 0 Å². The highest BCUT2D eigenvalue weighted by Crippen LogP contribution is 2.16. The molecule has 1 aromatic heterocycles. The van der Waals surface area contributed by atoms with Crippen LogP contribution in [0, 0.1) is 0 Å². The van der Waals surface area contributed by atoms with E-state index in [1.165, 1.54) is 0 Å². The van der Waals surface area contributed by atoms with Gasteiger partial charge in [0.15, 0.2) is 0 Å². The average molecular weight is 259 g/mol. The highest BCUT2D eigenvalue weighted by molar-refractivity contribution is 5.55. The zero-order chi connectivity index (χ0) is 13.7. The molecule has 0 amide bonds. The quantitative estimate of drug-likeness (QED) is 0.833.